The van der Waals surface area contributed by atoms with Gasteiger partial charge in [0.05, 0.1) is 12.7 Å². The van der Waals surface area contributed by atoms with Crippen LogP contribution in [0, 0.1) is 11.8 Å². The summed E-state index contributed by atoms with van der Waals surface area (Å²) in [6.45, 7) is 2.32. The molecule has 1 aromatic heterocycles. The van der Waals surface area contributed by atoms with Crippen LogP contribution in [0.2, 0.25) is 0 Å². The Balaban J connectivity index is 1.48. The van der Waals surface area contributed by atoms with E-state index in [4.69, 9.17) is 14.9 Å². The van der Waals surface area contributed by atoms with E-state index in [1.165, 1.54) is 19.3 Å². The predicted octanol–water partition coefficient (Wildman–Crippen LogP) is 2.16. The summed E-state index contributed by atoms with van der Waals surface area (Å²) in [6.07, 6.45) is 7.80. The summed E-state index contributed by atoms with van der Waals surface area (Å²) in [4.78, 5) is 22.6. The van der Waals surface area contributed by atoms with Crippen LogP contribution < -0.4 is 5.73 Å². The molecule has 1 saturated heterocycles. The van der Waals surface area contributed by atoms with E-state index in [0.717, 1.165) is 12.8 Å². The zero-order chi connectivity index (χ0) is 21.6. The van der Waals surface area contributed by atoms with Crippen molar-refractivity contribution in [2.24, 2.45) is 5.73 Å². The number of carbonyl (C=O) groups is 2. The van der Waals surface area contributed by atoms with Crippen molar-refractivity contribution in [1.82, 2.24) is 0 Å². The Bertz CT molecular complexity index is 799. The molecular formula is C22H29NO7. The van der Waals surface area contributed by atoms with E-state index in [-0.39, 0.29) is 12.8 Å². The molecule has 1 saturated carbocycles. The van der Waals surface area contributed by atoms with Crippen LogP contribution in [0.5, 0.6) is 0 Å². The standard InChI is InChI=1S/C22H29NO7/c1-2-21(23,22(26)29-19(24)20(25)30-22)14-13-18-12-11-17(28-18)10-6-7-15-27-16-8-4-3-5-9-16/h11-12,16,26H,2-5,7-9,13-15,23H2,1H3/t21-/m1/s1. The first kappa shape index (κ1) is 22.3. The maximum Gasteiger partial charge on any atom is 0.422 e. The topological polar surface area (TPSA) is 121 Å². The van der Waals surface area contributed by atoms with Crippen molar-refractivity contribution >= 4 is 11.9 Å². The zero-order valence-corrected chi connectivity index (χ0v) is 17.3. The minimum absolute atomic E-state index is 0.163. The Morgan fingerprint density at radius 1 is 1.23 bits per heavy atom. The number of furan rings is 1. The fraction of sp³-hybridized carbons (Fsp3) is 0.636. The summed E-state index contributed by atoms with van der Waals surface area (Å²) in [7, 11) is 0. The summed E-state index contributed by atoms with van der Waals surface area (Å²) in [5.41, 5.74) is 4.73. The summed E-state index contributed by atoms with van der Waals surface area (Å²) in [6, 6.07) is 3.54. The van der Waals surface area contributed by atoms with Gasteiger partial charge < -0.3 is 29.5 Å². The van der Waals surface area contributed by atoms with E-state index in [1.807, 2.05) is 0 Å². The van der Waals surface area contributed by atoms with Crippen LogP contribution in [0.25, 0.3) is 0 Å². The smallest absolute Gasteiger partial charge is 0.422 e. The molecule has 0 unspecified atom stereocenters. The number of carbonyl (C=O) groups excluding carboxylic acids is 2. The van der Waals surface area contributed by atoms with Gasteiger partial charge in [-0.25, -0.2) is 9.59 Å². The number of esters is 2. The molecule has 8 nitrogen and oxygen atoms in total. The van der Waals surface area contributed by atoms with Gasteiger partial charge in [0.25, 0.3) is 0 Å². The number of rotatable bonds is 8. The average molecular weight is 419 g/mol. The number of cyclic esters (lactones) is 2. The highest BCUT2D eigenvalue weighted by atomic mass is 16.9. The maximum atomic E-state index is 11.3. The van der Waals surface area contributed by atoms with E-state index in [9.17, 15) is 14.7 Å². The molecular weight excluding hydrogens is 390 g/mol. The molecule has 164 valence electrons. The van der Waals surface area contributed by atoms with E-state index >= 15 is 0 Å². The van der Waals surface area contributed by atoms with Crippen LogP contribution in [0.3, 0.4) is 0 Å². The normalized spacial score (nSPS) is 20.8. The number of aryl methyl sites for hydroxylation is 1. The highest BCUT2D eigenvalue weighted by Crippen LogP contribution is 2.34. The fourth-order valence-electron chi connectivity index (χ4n) is 3.70. The highest BCUT2D eigenvalue weighted by Gasteiger charge is 2.60. The lowest BCUT2D eigenvalue weighted by Gasteiger charge is -2.36. The van der Waals surface area contributed by atoms with Gasteiger partial charge in [0.1, 0.15) is 11.3 Å². The van der Waals surface area contributed by atoms with Crippen molar-refractivity contribution in [3.8, 4) is 11.8 Å². The summed E-state index contributed by atoms with van der Waals surface area (Å²) in [5.74, 6) is 2.16. The van der Waals surface area contributed by atoms with Gasteiger partial charge in [-0.2, -0.15) is 0 Å². The largest absolute Gasteiger partial charge is 0.453 e. The molecule has 0 radical (unpaired) electrons. The monoisotopic (exact) mass is 419 g/mol. The van der Waals surface area contributed by atoms with Crippen LogP contribution in [0.15, 0.2) is 16.5 Å². The number of aliphatic hydroxyl groups is 1. The lowest BCUT2D eigenvalue weighted by Crippen LogP contribution is -2.61. The van der Waals surface area contributed by atoms with Gasteiger partial charge in [0, 0.05) is 12.8 Å². The first-order valence-electron chi connectivity index (χ1n) is 10.5. The van der Waals surface area contributed by atoms with Gasteiger partial charge in [-0.05, 0) is 43.7 Å². The molecule has 8 heteroatoms. The van der Waals surface area contributed by atoms with E-state index in [0.29, 0.717) is 37.1 Å². The Morgan fingerprint density at radius 3 is 2.60 bits per heavy atom. The van der Waals surface area contributed by atoms with Crippen molar-refractivity contribution in [2.45, 2.75) is 82.3 Å². The number of nitrogens with two attached hydrogens (primary N) is 1. The van der Waals surface area contributed by atoms with Crippen LogP contribution in [0.4, 0.5) is 0 Å². The number of hydrogen-bond donors (Lipinski definition) is 2. The summed E-state index contributed by atoms with van der Waals surface area (Å²) in [5, 5.41) is 10.4. The molecule has 2 heterocycles. The Labute approximate surface area is 176 Å². The highest BCUT2D eigenvalue weighted by molar-refractivity contribution is 6.31. The second-order valence-corrected chi connectivity index (χ2v) is 7.82. The minimum Gasteiger partial charge on any atom is -0.453 e. The molecule has 0 amide bonds. The van der Waals surface area contributed by atoms with Crippen molar-refractivity contribution in [3.05, 3.63) is 23.7 Å². The van der Waals surface area contributed by atoms with Crippen LogP contribution in [-0.2, 0) is 30.2 Å². The third-order valence-electron chi connectivity index (χ3n) is 5.71. The van der Waals surface area contributed by atoms with Gasteiger partial charge in [-0.1, -0.05) is 32.1 Å². The third kappa shape index (κ3) is 5.22. The molecule has 30 heavy (non-hydrogen) atoms. The number of hydrogen-bond acceptors (Lipinski definition) is 8. The molecule has 1 aliphatic heterocycles. The average Bonchev–Trinajstić information content (AvgIpc) is 3.30. The molecule has 3 N–H and O–H groups in total. The summed E-state index contributed by atoms with van der Waals surface area (Å²) < 4.78 is 20.9. The molecule has 2 aliphatic rings. The van der Waals surface area contributed by atoms with Crippen LogP contribution in [0.1, 0.15) is 69.8 Å². The van der Waals surface area contributed by atoms with E-state index in [1.54, 1.807) is 19.1 Å². The van der Waals surface area contributed by atoms with Crippen molar-refractivity contribution in [1.29, 1.82) is 0 Å². The van der Waals surface area contributed by atoms with E-state index in [2.05, 4.69) is 21.3 Å². The molecule has 1 atom stereocenters. The second-order valence-electron chi connectivity index (χ2n) is 7.82. The van der Waals surface area contributed by atoms with Crippen molar-refractivity contribution in [3.63, 3.8) is 0 Å². The Hall–Kier alpha value is -2.34. The van der Waals surface area contributed by atoms with Crippen LogP contribution in [-0.4, -0.2) is 41.3 Å². The zero-order valence-electron chi connectivity index (χ0n) is 17.3. The Morgan fingerprint density at radius 2 is 1.93 bits per heavy atom. The predicted molar refractivity (Wildman–Crippen MR) is 106 cm³/mol. The second kappa shape index (κ2) is 9.65. The van der Waals surface area contributed by atoms with Gasteiger partial charge >= 0.3 is 17.9 Å². The van der Waals surface area contributed by atoms with Crippen molar-refractivity contribution in [2.75, 3.05) is 6.61 Å². The maximum absolute atomic E-state index is 11.3. The molecule has 0 aromatic carbocycles. The summed E-state index contributed by atoms with van der Waals surface area (Å²) >= 11 is 0. The SMILES string of the molecule is CC[C@@](N)(CCc1ccc(C#CCCOC2CCCCC2)o1)C1(O)OC(=O)C(=O)O1. The van der Waals surface area contributed by atoms with Crippen molar-refractivity contribution < 1.29 is 33.3 Å². The van der Waals surface area contributed by atoms with Gasteiger partial charge in [0.2, 0.25) is 0 Å². The molecule has 0 spiro atoms. The fourth-order valence-corrected chi connectivity index (χ4v) is 3.70. The van der Waals surface area contributed by atoms with E-state index < -0.39 is 23.5 Å². The first-order valence-corrected chi connectivity index (χ1v) is 10.5. The molecule has 1 aromatic rings. The van der Waals surface area contributed by atoms with Crippen LogP contribution >= 0.6 is 0 Å². The van der Waals surface area contributed by atoms with Gasteiger partial charge in [0.15, 0.2) is 5.76 Å². The van der Waals surface area contributed by atoms with Gasteiger partial charge in [-0.15, -0.1) is 0 Å². The third-order valence-corrected chi connectivity index (χ3v) is 5.71. The lowest BCUT2D eigenvalue weighted by atomic mass is 9.88. The number of ether oxygens (including phenoxy) is 3. The first-order chi connectivity index (χ1) is 14.4. The molecule has 3 rings (SSSR count). The van der Waals surface area contributed by atoms with Gasteiger partial charge in [-0.3, -0.25) is 0 Å². The minimum atomic E-state index is -2.48. The molecule has 0 bridgehead atoms. The molecule has 1 aliphatic carbocycles. The quantitative estimate of drug-likeness (QED) is 0.285. The lowest BCUT2D eigenvalue weighted by molar-refractivity contribution is -0.328. The molecule has 2 fully saturated rings. The Kier molecular flexibility index (Phi) is 7.19.